The number of benzene rings is 2. The van der Waals surface area contributed by atoms with Crippen LogP contribution in [0.15, 0.2) is 42.5 Å². The highest BCUT2D eigenvalue weighted by atomic mass is 19.2. The topological polar surface area (TPSA) is 73.9 Å². The molecule has 0 heterocycles. The fourth-order valence-corrected chi connectivity index (χ4v) is 2.28. The molecule has 0 spiro atoms. The molecule has 0 unspecified atom stereocenters. The van der Waals surface area contributed by atoms with Crippen molar-refractivity contribution in [3.05, 3.63) is 59.7 Å². The fraction of sp³-hybridized carbons (Fsp3) is 0.273. The third-order valence-electron chi connectivity index (χ3n) is 3.72. The summed E-state index contributed by atoms with van der Waals surface area (Å²) in [5.41, 5.74) is 0.726. The molecule has 30 heavy (non-hydrogen) atoms. The Hall–Kier alpha value is -3.42. The van der Waals surface area contributed by atoms with Gasteiger partial charge in [0.15, 0.2) is 29.7 Å². The molecule has 0 aliphatic heterocycles. The monoisotopic (exact) mass is 419 g/mol. The Labute approximate surface area is 173 Å². The second-order valence-electron chi connectivity index (χ2n) is 6.73. The van der Waals surface area contributed by atoms with Crippen molar-refractivity contribution in [1.29, 1.82) is 0 Å². The van der Waals surface area contributed by atoms with E-state index < -0.39 is 30.1 Å². The maximum Gasteiger partial charge on any atom is 0.331 e. The number of hydrogen-bond acceptors (Lipinski definition) is 5. The van der Waals surface area contributed by atoms with E-state index in [2.05, 4.69) is 5.32 Å². The normalized spacial score (nSPS) is 10.9. The second kappa shape index (κ2) is 10.9. The number of hydrogen-bond donors (Lipinski definition) is 1. The summed E-state index contributed by atoms with van der Waals surface area (Å²) in [5, 5.41) is 2.30. The van der Waals surface area contributed by atoms with E-state index >= 15 is 0 Å². The number of amides is 1. The minimum atomic E-state index is -1.09. The van der Waals surface area contributed by atoms with Crippen molar-refractivity contribution in [2.45, 2.75) is 13.8 Å². The van der Waals surface area contributed by atoms with E-state index in [4.69, 9.17) is 14.2 Å². The van der Waals surface area contributed by atoms with E-state index in [-0.39, 0.29) is 5.69 Å². The van der Waals surface area contributed by atoms with Gasteiger partial charge in [0, 0.05) is 17.8 Å². The van der Waals surface area contributed by atoms with E-state index in [9.17, 15) is 18.4 Å². The van der Waals surface area contributed by atoms with Crippen molar-refractivity contribution < 1.29 is 32.6 Å². The minimum Gasteiger partial charge on any atom is -0.493 e. The molecule has 160 valence electrons. The minimum absolute atomic E-state index is 0.0531. The van der Waals surface area contributed by atoms with Crippen LogP contribution in [0, 0.1) is 17.6 Å². The third-order valence-corrected chi connectivity index (χ3v) is 3.72. The molecule has 0 aliphatic carbocycles. The Morgan fingerprint density at radius 2 is 1.83 bits per heavy atom. The van der Waals surface area contributed by atoms with Gasteiger partial charge < -0.3 is 19.5 Å². The molecule has 1 N–H and O–H groups in total. The molecule has 0 radical (unpaired) electrons. The number of halogens is 2. The average molecular weight is 419 g/mol. The zero-order valence-corrected chi connectivity index (χ0v) is 16.9. The van der Waals surface area contributed by atoms with Crippen molar-refractivity contribution in [2.24, 2.45) is 5.92 Å². The van der Waals surface area contributed by atoms with Gasteiger partial charge in [-0.2, -0.15) is 0 Å². The van der Waals surface area contributed by atoms with Crippen LogP contribution >= 0.6 is 0 Å². The van der Waals surface area contributed by atoms with Gasteiger partial charge in [-0.15, -0.1) is 0 Å². The molecule has 0 aromatic heterocycles. The zero-order valence-electron chi connectivity index (χ0n) is 16.9. The Kier molecular flexibility index (Phi) is 8.34. The molecule has 0 fully saturated rings. The molecule has 0 aliphatic rings. The van der Waals surface area contributed by atoms with Crippen molar-refractivity contribution in [3.63, 3.8) is 0 Å². The van der Waals surface area contributed by atoms with Crippen LogP contribution in [0.2, 0.25) is 0 Å². The zero-order chi connectivity index (χ0) is 22.1. The summed E-state index contributed by atoms with van der Waals surface area (Å²) in [5.74, 6) is -2.06. The summed E-state index contributed by atoms with van der Waals surface area (Å²) in [6, 6.07) is 8.10. The lowest BCUT2D eigenvalue weighted by Gasteiger charge is -2.12. The van der Waals surface area contributed by atoms with Crippen LogP contribution in [0.1, 0.15) is 19.4 Å². The second-order valence-corrected chi connectivity index (χ2v) is 6.73. The predicted molar refractivity (Wildman–Crippen MR) is 108 cm³/mol. The summed E-state index contributed by atoms with van der Waals surface area (Å²) < 4.78 is 41.8. The maximum absolute atomic E-state index is 13.1. The number of carbonyl (C=O) groups excluding carboxylic acids is 2. The van der Waals surface area contributed by atoms with Crippen LogP contribution in [0.3, 0.4) is 0 Å². The molecule has 0 saturated heterocycles. The molecule has 0 saturated carbocycles. The van der Waals surface area contributed by atoms with Crippen LogP contribution in [0.4, 0.5) is 14.5 Å². The van der Waals surface area contributed by atoms with Gasteiger partial charge in [-0.1, -0.05) is 19.9 Å². The number of carbonyl (C=O) groups is 2. The maximum atomic E-state index is 13.1. The number of nitrogens with one attached hydrogen (secondary N) is 1. The predicted octanol–water partition coefficient (Wildman–Crippen LogP) is 4.20. The van der Waals surface area contributed by atoms with E-state index in [1.807, 2.05) is 13.8 Å². The molecule has 8 heteroatoms. The highest BCUT2D eigenvalue weighted by molar-refractivity contribution is 5.94. The molecule has 2 aromatic carbocycles. The fourth-order valence-electron chi connectivity index (χ4n) is 2.28. The van der Waals surface area contributed by atoms with Gasteiger partial charge in [0.1, 0.15) is 0 Å². The third kappa shape index (κ3) is 7.20. The van der Waals surface area contributed by atoms with Crippen LogP contribution in [-0.4, -0.2) is 32.2 Å². The SMILES string of the molecule is COc1cc(/C=C/C(=O)OCC(=O)Nc2ccc(F)c(F)c2)ccc1OCC(C)C. The Bertz CT molecular complexity index is 928. The molecule has 6 nitrogen and oxygen atoms in total. The number of ether oxygens (including phenoxy) is 3. The van der Waals surface area contributed by atoms with Gasteiger partial charge in [-0.05, 0) is 41.8 Å². The number of methoxy groups -OCH3 is 1. The highest BCUT2D eigenvalue weighted by Crippen LogP contribution is 2.29. The highest BCUT2D eigenvalue weighted by Gasteiger charge is 2.09. The quantitative estimate of drug-likeness (QED) is 0.487. The number of rotatable bonds is 9. The molecule has 2 rings (SSSR count). The van der Waals surface area contributed by atoms with Gasteiger partial charge >= 0.3 is 5.97 Å². The number of anilines is 1. The summed E-state index contributed by atoms with van der Waals surface area (Å²) in [6.45, 7) is 4.04. The molecular formula is C22H23F2NO5. The van der Waals surface area contributed by atoms with Gasteiger partial charge in [-0.25, -0.2) is 13.6 Å². The first-order valence-electron chi connectivity index (χ1n) is 9.19. The van der Waals surface area contributed by atoms with Crippen molar-refractivity contribution in [3.8, 4) is 11.5 Å². The van der Waals surface area contributed by atoms with Gasteiger partial charge in [-0.3, -0.25) is 4.79 Å². The summed E-state index contributed by atoms with van der Waals surface area (Å²) in [4.78, 5) is 23.6. The van der Waals surface area contributed by atoms with Gasteiger partial charge in [0.05, 0.1) is 13.7 Å². The van der Waals surface area contributed by atoms with E-state index in [1.165, 1.54) is 19.3 Å². The molecule has 1 amide bonds. The first kappa shape index (κ1) is 22.9. The lowest BCUT2D eigenvalue weighted by molar-refractivity contribution is -0.142. The molecule has 0 bridgehead atoms. The van der Waals surface area contributed by atoms with Gasteiger partial charge in [0.2, 0.25) is 0 Å². The van der Waals surface area contributed by atoms with Crippen LogP contribution in [-0.2, 0) is 14.3 Å². The van der Waals surface area contributed by atoms with E-state index in [0.29, 0.717) is 29.6 Å². The summed E-state index contributed by atoms with van der Waals surface area (Å²) >= 11 is 0. The number of esters is 1. The van der Waals surface area contributed by atoms with Gasteiger partial charge in [0.25, 0.3) is 5.91 Å². The first-order chi connectivity index (χ1) is 14.3. The van der Waals surface area contributed by atoms with Crippen LogP contribution < -0.4 is 14.8 Å². The largest absolute Gasteiger partial charge is 0.493 e. The van der Waals surface area contributed by atoms with Crippen molar-refractivity contribution in [2.75, 3.05) is 25.6 Å². The summed E-state index contributed by atoms with van der Waals surface area (Å²) in [7, 11) is 1.52. The van der Waals surface area contributed by atoms with E-state index in [0.717, 1.165) is 18.2 Å². The molecular weight excluding hydrogens is 396 g/mol. The smallest absolute Gasteiger partial charge is 0.331 e. The van der Waals surface area contributed by atoms with E-state index in [1.54, 1.807) is 18.2 Å². The Balaban J connectivity index is 1.87. The molecule has 0 atom stereocenters. The molecule has 2 aromatic rings. The standard InChI is InChI=1S/C22H23F2NO5/c1-14(2)12-29-19-8-4-15(10-20(19)28-3)5-9-22(27)30-13-21(26)25-16-6-7-17(23)18(24)11-16/h4-11,14H,12-13H2,1-3H3,(H,25,26)/b9-5+. The lowest BCUT2D eigenvalue weighted by atomic mass is 10.2. The Morgan fingerprint density at radius 3 is 2.50 bits per heavy atom. The average Bonchev–Trinajstić information content (AvgIpc) is 2.72. The van der Waals surface area contributed by atoms with Crippen LogP contribution in [0.25, 0.3) is 6.08 Å². The van der Waals surface area contributed by atoms with Crippen molar-refractivity contribution >= 4 is 23.6 Å². The lowest BCUT2D eigenvalue weighted by Crippen LogP contribution is -2.20. The Morgan fingerprint density at radius 1 is 1.07 bits per heavy atom. The first-order valence-corrected chi connectivity index (χ1v) is 9.19. The van der Waals surface area contributed by atoms with Crippen molar-refractivity contribution in [1.82, 2.24) is 0 Å². The summed E-state index contributed by atoms with van der Waals surface area (Å²) in [6.07, 6.45) is 2.67. The van der Waals surface area contributed by atoms with Crippen LogP contribution in [0.5, 0.6) is 11.5 Å².